The smallest absolute Gasteiger partial charge is 0.324 e. The summed E-state index contributed by atoms with van der Waals surface area (Å²) in [7, 11) is -5.36. The summed E-state index contributed by atoms with van der Waals surface area (Å²) in [5.74, 6) is 3.25. The highest BCUT2D eigenvalue weighted by molar-refractivity contribution is 8.36. The fourth-order valence-corrected chi connectivity index (χ4v) is 12.9. The molecule has 2 N–H and O–H groups in total. The molecule has 0 aliphatic heterocycles. The lowest BCUT2D eigenvalue weighted by molar-refractivity contribution is 0.371. The Hall–Kier alpha value is 0.500. The molecule has 226 valence electrons. The van der Waals surface area contributed by atoms with Gasteiger partial charge in [-0.15, -0.1) is 0 Å². The molecule has 0 aliphatic rings. The van der Waals surface area contributed by atoms with E-state index >= 15 is 0 Å². The Balaban J connectivity index is 4.92. The van der Waals surface area contributed by atoms with Gasteiger partial charge < -0.3 is 9.79 Å². The molecule has 0 rings (SSSR count). The molecule has 37 heavy (non-hydrogen) atoms. The van der Waals surface area contributed by atoms with E-state index in [1.54, 1.807) is 0 Å². The van der Waals surface area contributed by atoms with E-state index in [9.17, 15) is 14.4 Å². The van der Waals surface area contributed by atoms with Crippen molar-refractivity contribution >= 4 is 17.6 Å². The van der Waals surface area contributed by atoms with Crippen LogP contribution in [0.1, 0.15) is 182 Å². The van der Waals surface area contributed by atoms with Crippen LogP contribution in [0.25, 0.3) is 0 Å². The summed E-state index contributed by atoms with van der Waals surface area (Å²) >= 11 is 0. The summed E-state index contributed by atoms with van der Waals surface area (Å²) in [4.78, 5) is 20.2. The Morgan fingerprint density at radius 1 is 0.459 bits per heavy atom. The Morgan fingerprint density at radius 2 is 0.676 bits per heavy atom. The van der Waals surface area contributed by atoms with Crippen LogP contribution in [0.15, 0.2) is 0 Å². The minimum absolute atomic E-state index is 0.432. The lowest BCUT2D eigenvalue weighted by Gasteiger charge is -2.46. The molecule has 0 bridgehead atoms. The van der Waals surface area contributed by atoms with E-state index < -0.39 is 22.6 Å². The third-order valence-electron chi connectivity index (χ3n) is 8.41. The second-order valence-electron chi connectivity index (χ2n) is 11.8. The SMILES string of the molecule is CCCCCCCCCCS(CCCCCCCCCC)(CCCCCCCCCC)C(C)P(=O)(O)O. The molecule has 0 aromatic rings. The topological polar surface area (TPSA) is 57.5 Å². The van der Waals surface area contributed by atoms with Crippen molar-refractivity contribution in [2.24, 2.45) is 0 Å². The zero-order chi connectivity index (χ0) is 27.7. The normalized spacial score (nSPS) is 13.8. The van der Waals surface area contributed by atoms with Crippen molar-refractivity contribution in [1.82, 2.24) is 0 Å². The highest BCUT2D eigenvalue weighted by Crippen LogP contribution is 2.66. The first-order valence-electron chi connectivity index (χ1n) is 16.6. The number of hydrogen-bond donors (Lipinski definition) is 2. The molecular formula is C32H69O3PS. The quantitative estimate of drug-likeness (QED) is 0.0701. The highest BCUT2D eigenvalue weighted by Gasteiger charge is 2.39. The van der Waals surface area contributed by atoms with Crippen molar-refractivity contribution in [2.45, 2.75) is 187 Å². The standard InChI is InChI=1S/C32H69O3PS/c1-5-8-11-14-17-20-23-26-29-37(32(4)36(33,34)35,30-27-24-21-18-15-12-9-6-2)31-28-25-22-19-16-13-10-7-3/h32H,5-31H2,1-4H3,(H2,33,34,35). The first-order chi connectivity index (χ1) is 17.8. The van der Waals surface area contributed by atoms with Gasteiger partial charge in [0.25, 0.3) is 0 Å². The van der Waals surface area contributed by atoms with Crippen molar-refractivity contribution in [1.29, 1.82) is 0 Å². The van der Waals surface area contributed by atoms with Crippen LogP contribution >= 0.6 is 17.6 Å². The van der Waals surface area contributed by atoms with Gasteiger partial charge in [-0.3, -0.25) is 4.57 Å². The van der Waals surface area contributed by atoms with Crippen LogP contribution in [0.3, 0.4) is 0 Å². The van der Waals surface area contributed by atoms with Gasteiger partial charge in [0.15, 0.2) is 0 Å². The Morgan fingerprint density at radius 3 is 0.892 bits per heavy atom. The molecule has 0 aromatic heterocycles. The first kappa shape index (κ1) is 37.5. The predicted molar refractivity (Wildman–Crippen MR) is 172 cm³/mol. The summed E-state index contributed by atoms with van der Waals surface area (Å²) < 4.78 is 12.6. The van der Waals surface area contributed by atoms with Crippen LogP contribution in [0.5, 0.6) is 0 Å². The van der Waals surface area contributed by atoms with Crippen molar-refractivity contribution in [3.05, 3.63) is 0 Å². The van der Waals surface area contributed by atoms with Gasteiger partial charge in [-0.25, -0.2) is 10.0 Å². The van der Waals surface area contributed by atoms with Gasteiger partial charge in [0.1, 0.15) is 0 Å². The van der Waals surface area contributed by atoms with Gasteiger partial charge in [-0.2, -0.15) is 0 Å². The third kappa shape index (κ3) is 21.0. The van der Waals surface area contributed by atoms with Crippen molar-refractivity contribution in [3.8, 4) is 0 Å². The minimum Gasteiger partial charge on any atom is -0.324 e. The zero-order valence-corrected chi connectivity index (χ0v) is 27.5. The second-order valence-corrected chi connectivity index (χ2v) is 18.3. The van der Waals surface area contributed by atoms with Gasteiger partial charge in [-0.1, -0.05) is 156 Å². The summed E-state index contributed by atoms with van der Waals surface area (Å²) in [5.41, 5.74) is 0. The first-order valence-corrected chi connectivity index (χ1v) is 20.5. The molecular weight excluding hydrogens is 495 g/mol. The van der Waals surface area contributed by atoms with Gasteiger partial charge >= 0.3 is 7.60 Å². The van der Waals surface area contributed by atoms with Crippen LogP contribution in [0.2, 0.25) is 0 Å². The number of unbranched alkanes of at least 4 members (excludes halogenated alkanes) is 21. The molecule has 0 fully saturated rings. The number of hydrogen-bond acceptors (Lipinski definition) is 1. The van der Waals surface area contributed by atoms with E-state index in [2.05, 4.69) is 20.8 Å². The fraction of sp³-hybridized carbons (Fsp3) is 1.00. The third-order valence-corrected chi connectivity index (χ3v) is 16.3. The molecule has 3 nitrogen and oxygen atoms in total. The molecule has 0 spiro atoms. The molecule has 0 aromatic carbocycles. The molecule has 0 amide bonds. The Bertz CT molecular complexity index is 472. The zero-order valence-electron chi connectivity index (χ0n) is 25.8. The van der Waals surface area contributed by atoms with E-state index in [0.717, 1.165) is 17.3 Å². The molecule has 5 heteroatoms. The van der Waals surface area contributed by atoms with Crippen LogP contribution in [0, 0.1) is 0 Å². The molecule has 0 radical (unpaired) electrons. The van der Waals surface area contributed by atoms with E-state index in [-0.39, 0.29) is 0 Å². The Kier molecular flexibility index (Phi) is 25.8. The maximum atomic E-state index is 12.6. The highest BCUT2D eigenvalue weighted by atomic mass is 32.3. The van der Waals surface area contributed by atoms with E-state index in [1.807, 2.05) is 6.92 Å². The maximum Gasteiger partial charge on any atom is 0.336 e. The molecule has 0 saturated carbocycles. The van der Waals surface area contributed by atoms with Gasteiger partial charge in [-0.05, 0) is 43.4 Å². The van der Waals surface area contributed by atoms with Crippen molar-refractivity contribution in [2.75, 3.05) is 17.3 Å². The van der Waals surface area contributed by atoms with Crippen LogP contribution in [-0.4, -0.2) is 32.0 Å². The monoisotopic (exact) mass is 564 g/mol. The van der Waals surface area contributed by atoms with Crippen molar-refractivity contribution < 1.29 is 14.4 Å². The summed E-state index contributed by atoms with van der Waals surface area (Å²) in [6, 6.07) is 0. The van der Waals surface area contributed by atoms with Crippen LogP contribution < -0.4 is 0 Å². The number of rotatable bonds is 29. The Labute approximate surface area is 235 Å². The van der Waals surface area contributed by atoms with Crippen LogP contribution in [0.4, 0.5) is 0 Å². The minimum atomic E-state index is -4.06. The largest absolute Gasteiger partial charge is 0.336 e. The van der Waals surface area contributed by atoms with Crippen molar-refractivity contribution in [3.63, 3.8) is 0 Å². The lowest BCUT2D eigenvalue weighted by Crippen LogP contribution is -2.25. The lowest BCUT2D eigenvalue weighted by atomic mass is 10.1. The summed E-state index contributed by atoms with van der Waals surface area (Å²) in [6.45, 7) is 8.72. The van der Waals surface area contributed by atoms with E-state index in [0.29, 0.717) is 0 Å². The summed E-state index contributed by atoms with van der Waals surface area (Å²) in [6.07, 6.45) is 31.1. The molecule has 0 saturated heterocycles. The molecule has 0 heterocycles. The second kappa shape index (κ2) is 25.5. The summed E-state index contributed by atoms with van der Waals surface area (Å²) in [5, 5.41) is 0. The average Bonchev–Trinajstić information content (AvgIpc) is 2.87. The molecule has 1 atom stereocenters. The van der Waals surface area contributed by atoms with Gasteiger partial charge in [0.2, 0.25) is 0 Å². The van der Waals surface area contributed by atoms with Gasteiger partial charge in [0.05, 0.1) is 4.99 Å². The molecule has 0 aliphatic carbocycles. The van der Waals surface area contributed by atoms with E-state index in [4.69, 9.17) is 0 Å². The fourth-order valence-electron chi connectivity index (χ4n) is 5.68. The predicted octanol–water partition coefficient (Wildman–Crippen LogP) is 11.7. The maximum absolute atomic E-state index is 12.6. The average molecular weight is 565 g/mol. The van der Waals surface area contributed by atoms with Gasteiger partial charge in [0, 0.05) is 0 Å². The molecule has 1 unspecified atom stereocenters. The van der Waals surface area contributed by atoms with Crippen LogP contribution in [-0.2, 0) is 4.57 Å². The van der Waals surface area contributed by atoms with E-state index in [1.165, 1.54) is 154 Å².